The maximum absolute atomic E-state index is 3.58. The van der Waals surface area contributed by atoms with E-state index >= 15 is 0 Å². The van der Waals surface area contributed by atoms with Crippen molar-refractivity contribution in [1.29, 1.82) is 0 Å². The number of rotatable bonds is 6. The second kappa shape index (κ2) is 10.2. The van der Waals surface area contributed by atoms with E-state index in [1.807, 2.05) is 0 Å². The summed E-state index contributed by atoms with van der Waals surface area (Å²) in [4.78, 5) is 0. The van der Waals surface area contributed by atoms with Gasteiger partial charge in [0, 0.05) is 13.1 Å². The first-order chi connectivity index (χ1) is 19.3. The molecule has 0 bridgehead atoms. The van der Waals surface area contributed by atoms with Gasteiger partial charge < -0.3 is 5.32 Å². The molecule has 0 radical (unpaired) electrons. The van der Waals surface area contributed by atoms with E-state index in [-0.39, 0.29) is 0 Å². The molecule has 0 saturated heterocycles. The summed E-state index contributed by atoms with van der Waals surface area (Å²) in [5.41, 5.74) is 7.55. The van der Waals surface area contributed by atoms with Gasteiger partial charge in [0.15, 0.2) is 0 Å². The van der Waals surface area contributed by atoms with Crippen molar-refractivity contribution in [2.75, 3.05) is 0 Å². The van der Waals surface area contributed by atoms with E-state index in [2.05, 4.69) is 151 Å². The molecule has 1 N–H and O–H groups in total. The van der Waals surface area contributed by atoms with Crippen LogP contribution in [-0.2, 0) is 13.1 Å². The van der Waals surface area contributed by atoms with E-state index in [1.165, 1.54) is 65.7 Å². The van der Waals surface area contributed by atoms with Crippen LogP contribution < -0.4 is 5.32 Å². The van der Waals surface area contributed by atoms with Gasteiger partial charge >= 0.3 is 0 Å². The first kappa shape index (κ1) is 23.4. The lowest BCUT2D eigenvalue weighted by Crippen LogP contribution is -2.12. The highest BCUT2D eigenvalue weighted by Gasteiger charge is 2.10. The summed E-state index contributed by atoms with van der Waals surface area (Å²) in [6, 6.07) is 52.8. The molecule has 0 aliphatic rings. The van der Waals surface area contributed by atoms with E-state index in [0.717, 1.165) is 13.1 Å². The monoisotopic (exact) mass is 499 g/mol. The molecular formula is C38H29N. The van der Waals surface area contributed by atoms with E-state index in [9.17, 15) is 0 Å². The Balaban J connectivity index is 1.23. The van der Waals surface area contributed by atoms with Crippen LogP contribution in [0.4, 0.5) is 0 Å². The number of hydrogen-bond acceptors (Lipinski definition) is 1. The van der Waals surface area contributed by atoms with Gasteiger partial charge in [-0.25, -0.2) is 0 Å². The summed E-state index contributed by atoms with van der Waals surface area (Å²) in [7, 11) is 0. The largest absolute Gasteiger partial charge is 0.309 e. The SMILES string of the molecule is c1ccc(CNCc2cccc(-c3cccc(-c4ccc5c6ccccc6c6ccccc6c5c4)c3)c2)cc1. The zero-order valence-electron chi connectivity index (χ0n) is 21.8. The molecule has 39 heavy (non-hydrogen) atoms. The average Bonchev–Trinajstić information content (AvgIpc) is 3.02. The van der Waals surface area contributed by atoms with Gasteiger partial charge in [0.05, 0.1) is 0 Å². The van der Waals surface area contributed by atoms with E-state index in [4.69, 9.17) is 0 Å². The van der Waals surface area contributed by atoms with Gasteiger partial charge in [-0.15, -0.1) is 0 Å². The van der Waals surface area contributed by atoms with E-state index in [0.29, 0.717) is 0 Å². The number of hydrogen-bond donors (Lipinski definition) is 1. The third-order valence-corrected chi connectivity index (χ3v) is 7.70. The first-order valence-electron chi connectivity index (χ1n) is 13.6. The highest BCUT2D eigenvalue weighted by Crippen LogP contribution is 2.37. The van der Waals surface area contributed by atoms with Gasteiger partial charge in [-0.3, -0.25) is 0 Å². The molecule has 0 aromatic heterocycles. The Bertz CT molecular complexity index is 1900. The maximum atomic E-state index is 3.58. The third-order valence-electron chi connectivity index (χ3n) is 7.70. The van der Waals surface area contributed by atoms with Crippen molar-refractivity contribution in [3.05, 3.63) is 157 Å². The van der Waals surface area contributed by atoms with Crippen LogP contribution in [0.15, 0.2) is 146 Å². The molecule has 186 valence electrons. The van der Waals surface area contributed by atoms with Crippen molar-refractivity contribution in [2.45, 2.75) is 13.1 Å². The molecular weight excluding hydrogens is 470 g/mol. The lowest BCUT2D eigenvalue weighted by Gasteiger charge is -2.13. The summed E-state index contributed by atoms with van der Waals surface area (Å²) in [6.07, 6.45) is 0. The molecule has 0 heterocycles. The Kier molecular flexibility index (Phi) is 6.13. The fourth-order valence-electron chi connectivity index (χ4n) is 5.77. The summed E-state index contributed by atoms with van der Waals surface area (Å²) >= 11 is 0. The van der Waals surface area contributed by atoms with Crippen LogP contribution >= 0.6 is 0 Å². The number of fused-ring (bicyclic) bond motifs is 6. The highest BCUT2D eigenvalue weighted by atomic mass is 14.8. The standard InChI is InChI=1S/C38H29N/c1-2-10-27(11-3-1)25-39-26-28-12-8-13-29(22-28)30-14-9-15-31(23-30)32-20-21-37-35-18-5-4-16-33(35)34-17-6-7-19-36(34)38(37)24-32/h1-24,39H,25-26H2. The lowest BCUT2D eigenvalue weighted by molar-refractivity contribution is 0.693. The van der Waals surface area contributed by atoms with Crippen LogP contribution in [0.2, 0.25) is 0 Å². The Hall–Kier alpha value is -4.72. The number of nitrogens with one attached hydrogen (secondary N) is 1. The average molecular weight is 500 g/mol. The zero-order valence-corrected chi connectivity index (χ0v) is 21.8. The highest BCUT2D eigenvalue weighted by molar-refractivity contribution is 6.25. The fourth-order valence-corrected chi connectivity index (χ4v) is 5.77. The van der Waals surface area contributed by atoms with Gasteiger partial charge in [-0.2, -0.15) is 0 Å². The minimum Gasteiger partial charge on any atom is -0.309 e. The van der Waals surface area contributed by atoms with Crippen LogP contribution in [0.25, 0.3) is 54.6 Å². The van der Waals surface area contributed by atoms with Crippen LogP contribution in [0, 0.1) is 0 Å². The quantitative estimate of drug-likeness (QED) is 0.225. The summed E-state index contributed by atoms with van der Waals surface area (Å²) in [5.74, 6) is 0. The molecule has 7 rings (SSSR count). The van der Waals surface area contributed by atoms with E-state index in [1.54, 1.807) is 0 Å². The second-order valence-corrected chi connectivity index (χ2v) is 10.2. The smallest absolute Gasteiger partial charge is 0.0208 e. The maximum Gasteiger partial charge on any atom is 0.0208 e. The normalized spacial score (nSPS) is 11.4. The molecule has 0 unspecified atom stereocenters. The molecule has 0 aliphatic carbocycles. The van der Waals surface area contributed by atoms with Crippen molar-refractivity contribution in [1.82, 2.24) is 5.32 Å². The molecule has 0 fully saturated rings. The van der Waals surface area contributed by atoms with Crippen molar-refractivity contribution >= 4 is 32.3 Å². The molecule has 1 heteroatoms. The van der Waals surface area contributed by atoms with Gasteiger partial charge in [0.25, 0.3) is 0 Å². The lowest BCUT2D eigenvalue weighted by atomic mass is 9.91. The van der Waals surface area contributed by atoms with Crippen LogP contribution in [0.1, 0.15) is 11.1 Å². The van der Waals surface area contributed by atoms with Crippen molar-refractivity contribution in [2.24, 2.45) is 0 Å². The minimum absolute atomic E-state index is 0.841. The van der Waals surface area contributed by atoms with Crippen LogP contribution in [-0.4, -0.2) is 0 Å². The Labute approximate surface area is 229 Å². The molecule has 7 aromatic rings. The molecule has 0 atom stereocenters. The molecule has 0 amide bonds. The van der Waals surface area contributed by atoms with Gasteiger partial charge in [0.2, 0.25) is 0 Å². The van der Waals surface area contributed by atoms with Gasteiger partial charge in [-0.1, -0.05) is 127 Å². The summed E-state index contributed by atoms with van der Waals surface area (Å²) in [5, 5.41) is 11.4. The Morgan fingerprint density at radius 2 is 0.769 bits per heavy atom. The number of benzene rings is 7. The molecule has 1 nitrogen and oxygen atoms in total. The molecule has 0 saturated carbocycles. The first-order valence-corrected chi connectivity index (χ1v) is 13.6. The van der Waals surface area contributed by atoms with Crippen LogP contribution in [0.5, 0.6) is 0 Å². The Morgan fingerprint density at radius 1 is 0.308 bits per heavy atom. The van der Waals surface area contributed by atoms with Crippen molar-refractivity contribution in [3.63, 3.8) is 0 Å². The third kappa shape index (κ3) is 4.58. The topological polar surface area (TPSA) is 12.0 Å². The van der Waals surface area contributed by atoms with Gasteiger partial charge in [0.1, 0.15) is 0 Å². The van der Waals surface area contributed by atoms with Crippen molar-refractivity contribution in [3.8, 4) is 22.3 Å². The zero-order chi connectivity index (χ0) is 26.0. The minimum atomic E-state index is 0.841. The molecule has 7 aromatic carbocycles. The Morgan fingerprint density at radius 3 is 1.44 bits per heavy atom. The van der Waals surface area contributed by atoms with E-state index < -0.39 is 0 Å². The van der Waals surface area contributed by atoms with Crippen LogP contribution in [0.3, 0.4) is 0 Å². The summed E-state index contributed by atoms with van der Waals surface area (Å²) < 4.78 is 0. The van der Waals surface area contributed by atoms with Gasteiger partial charge in [-0.05, 0) is 83.9 Å². The second-order valence-electron chi connectivity index (χ2n) is 10.2. The summed E-state index contributed by atoms with van der Waals surface area (Å²) in [6.45, 7) is 1.71. The predicted octanol–water partition coefficient (Wildman–Crippen LogP) is 9.77. The predicted molar refractivity (Wildman–Crippen MR) is 167 cm³/mol. The fraction of sp³-hybridized carbons (Fsp3) is 0.0526. The molecule has 0 aliphatic heterocycles. The molecule has 0 spiro atoms. The van der Waals surface area contributed by atoms with Crippen molar-refractivity contribution < 1.29 is 0 Å².